The number of carbonyl (C=O) groups is 4. The number of carbonyl (C=O) groups excluding carboxylic acids is 3. The Morgan fingerprint density at radius 3 is 2.51 bits per heavy atom. The topological polar surface area (TPSA) is 119 Å². The highest BCUT2D eigenvalue weighted by atomic mass is 31.0. The van der Waals surface area contributed by atoms with Crippen LogP contribution >= 0.6 is 9.24 Å². The van der Waals surface area contributed by atoms with Crippen LogP contribution in [0.1, 0.15) is 57.9 Å². The Hall–Kier alpha value is -2.25. The molecular weight excluding hydrogens is 468 g/mol. The van der Waals surface area contributed by atoms with Crippen molar-refractivity contribution < 1.29 is 33.6 Å². The summed E-state index contributed by atoms with van der Waals surface area (Å²) >= 11 is 0. The highest BCUT2D eigenvalue weighted by molar-refractivity contribution is 7.16. The van der Waals surface area contributed by atoms with Crippen LogP contribution < -0.4 is 5.32 Å². The third-order valence-corrected chi connectivity index (χ3v) is 7.66. The lowest BCUT2D eigenvalue weighted by Gasteiger charge is -2.37. The summed E-state index contributed by atoms with van der Waals surface area (Å²) in [6.45, 7) is 3.46. The number of benzene rings is 1. The molecule has 5 atom stereocenters. The van der Waals surface area contributed by atoms with Gasteiger partial charge in [0.2, 0.25) is 5.91 Å². The first-order valence-corrected chi connectivity index (χ1v) is 13.2. The Bertz CT molecular complexity index is 926. The van der Waals surface area contributed by atoms with Crippen molar-refractivity contribution in [3.63, 3.8) is 0 Å². The van der Waals surface area contributed by atoms with Crippen molar-refractivity contribution >= 4 is 40.0 Å². The zero-order valence-corrected chi connectivity index (χ0v) is 21.6. The van der Waals surface area contributed by atoms with Gasteiger partial charge in [-0.15, -0.1) is 9.24 Å². The Morgan fingerprint density at radius 2 is 1.94 bits per heavy atom. The second-order valence-corrected chi connectivity index (χ2v) is 10.3. The summed E-state index contributed by atoms with van der Waals surface area (Å²) < 4.78 is 11.3. The molecule has 1 aliphatic carbocycles. The molecule has 0 spiro atoms. The molecule has 1 aromatic carbocycles. The molecule has 10 heteroatoms. The van der Waals surface area contributed by atoms with E-state index in [1.807, 2.05) is 30.3 Å². The summed E-state index contributed by atoms with van der Waals surface area (Å²) in [5.74, 6) is -2.61. The maximum Gasteiger partial charge on any atom is 0.531 e. The lowest BCUT2D eigenvalue weighted by molar-refractivity contribution is -0.171. The first-order valence-electron chi connectivity index (χ1n) is 12.3. The van der Waals surface area contributed by atoms with Crippen LogP contribution in [0.5, 0.6) is 0 Å². The van der Waals surface area contributed by atoms with Gasteiger partial charge in [0.05, 0.1) is 12.5 Å². The van der Waals surface area contributed by atoms with Crippen molar-refractivity contribution in [2.45, 2.75) is 76.3 Å². The fourth-order valence-electron chi connectivity index (χ4n) is 4.36. The van der Waals surface area contributed by atoms with Crippen LogP contribution in [0.15, 0.2) is 30.3 Å². The summed E-state index contributed by atoms with van der Waals surface area (Å²) in [6.07, 6.45) is 3.29. The quantitative estimate of drug-likeness (QED) is 0.314. The van der Waals surface area contributed by atoms with E-state index >= 15 is 0 Å². The number of aliphatic carboxylic acids is 1. The SMILES string of the molecule is CCC1(C(=O)O)CC(=O)OB(C(CC(=O)C(Cc2ccccc2)NC(=O)C(C)CP)CC2CC2)O1. The minimum absolute atomic E-state index is 0.0148. The lowest BCUT2D eigenvalue weighted by Crippen LogP contribution is -2.55. The molecule has 0 radical (unpaired) electrons. The predicted octanol–water partition coefficient (Wildman–Crippen LogP) is 3.04. The highest BCUT2D eigenvalue weighted by Crippen LogP contribution is 2.42. The van der Waals surface area contributed by atoms with Crippen molar-refractivity contribution in [1.29, 1.82) is 0 Å². The molecule has 1 saturated heterocycles. The third-order valence-electron chi connectivity index (χ3n) is 6.95. The minimum Gasteiger partial charge on any atom is -0.509 e. The summed E-state index contributed by atoms with van der Waals surface area (Å²) in [6, 6.07) is 8.71. The van der Waals surface area contributed by atoms with Crippen LogP contribution in [0, 0.1) is 11.8 Å². The van der Waals surface area contributed by atoms with Gasteiger partial charge in [0.25, 0.3) is 5.97 Å². The number of hydrogen-bond acceptors (Lipinski definition) is 6. The molecule has 2 N–H and O–H groups in total. The standard InChI is InChI=1S/C25H35BNO7P/c1-3-25(24(31)32)14-22(29)33-26(34-25)19(11-18-9-10-18)13-21(28)20(27-23(30)16(2)15-35)12-17-7-5-4-6-8-17/h4-8,16,18-20H,3,9-15,35H2,1-2H3,(H,27,30)(H,31,32). The van der Waals surface area contributed by atoms with Gasteiger partial charge in [-0.05, 0) is 36.9 Å². The number of Topliss-reactive ketones (excluding diaryl/α,β-unsaturated/α-hetero) is 1. The Balaban J connectivity index is 1.81. The number of ketones is 1. The van der Waals surface area contributed by atoms with Crippen LogP contribution in [-0.4, -0.2) is 53.7 Å². The molecule has 1 amide bonds. The monoisotopic (exact) mass is 503 g/mol. The molecular formula is C25H35BNO7P. The third kappa shape index (κ3) is 7.37. The normalized spacial score (nSPS) is 22.6. The molecule has 1 heterocycles. The van der Waals surface area contributed by atoms with Crippen LogP contribution in [0.3, 0.4) is 0 Å². The Kier molecular flexibility index (Phi) is 9.48. The van der Waals surface area contributed by atoms with Crippen molar-refractivity contribution in [2.75, 3.05) is 6.16 Å². The van der Waals surface area contributed by atoms with Gasteiger partial charge >= 0.3 is 13.1 Å². The van der Waals surface area contributed by atoms with Gasteiger partial charge < -0.3 is 19.7 Å². The van der Waals surface area contributed by atoms with Crippen molar-refractivity contribution in [3.05, 3.63) is 35.9 Å². The first kappa shape index (κ1) is 27.3. The number of carboxylic acids is 1. The van der Waals surface area contributed by atoms with Gasteiger partial charge in [-0.2, -0.15) is 0 Å². The van der Waals surface area contributed by atoms with Crippen molar-refractivity contribution in [2.24, 2.45) is 11.8 Å². The van der Waals surface area contributed by atoms with Gasteiger partial charge in [-0.3, -0.25) is 14.4 Å². The van der Waals surface area contributed by atoms with E-state index in [0.29, 0.717) is 24.9 Å². The molecule has 8 nitrogen and oxygen atoms in total. The van der Waals surface area contributed by atoms with E-state index in [4.69, 9.17) is 9.31 Å². The predicted molar refractivity (Wildman–Crippen MR) is 135 cm³/mol. The highest BCUT2D eigenvalue weighted by Gasteiger charge is 2.53. The van der Waals surface area contributed by atoms with Gasteiger partial charge in [0.1, 0.15) is 0 Å². The summed E-state index contributed by atoms with van der Waals surface area (Å²) in [7, 11) is 1.42. The van der Waals surface area contributed by atoms with E-state index in [1.54, 1.807) is 13.8 Å². The van der Waals surface area contributed by atoms with E-state index in [2.05, 4.69) is 14.6 Å². The second-order valence-electron chi connectivity index (χ2n) is 9.80. The van der Waals surface area contributed by atoms with E-state index in [9.17, 15) is 24.3 Å². The van der Waals surface area contributed by atoms with E-state index in [1.165, 1.54) is 0 Å². The molecule has 2 fully saturated rings. The zero-order chi connectivity index (χ0) is 25.6. The molecule has 5 unspecified atom stereocenters. The first-order chi connectivity index (χ1) is 16.7. The number of nitrogens with one attached hydrogen (secondary N) is 1. The Morgan fingerprint density at radius 1 is 1.26 bits per heavy atom. The van der Waals surface area contributed by atoms with Crippen molar-refractivity contribution in [1.82, 2.24) is 5.32 Å². The largest absolute Gasteiger partial charge is 0.531 e. The van der Waals surface area contributed by atoms with Crippen LogP contribution in [0.2, 0.25) is 5.82 Å². The van der Waals surface area contributed by atoms with E-state index < -0.39 is 36.5 Å². The number of amides is 1. The number of hydrogen-bond donors (Lipinski definition) is 2. The van der Waals surface area contributed by atoms with Crippen LogP contribution in [-0.2, 0) is 34.9 Å². The summed E-state index contributed by atoms with van der Waals surface area (Å²) in [4.78, 5) is 50.5. The van der Waals surface area contributed by atoms with Gasteiger partial charge in [0, 0.05) is 18.2 Å². The van der Waals surface area contributed by atoms with Crippen molar-refractivity contribution in [3.8, 4) is 0 Å². The van der Waals surface area contributed by atoms with Crippen LogP contribution in [0.25, 0.3) is 0 Å². The van der Waals surface area contributed by atoms with Gasteiger partial charge in [-0.25, -0.2) is 4.79 Å². The molecule has 35 heavy (non-hydrogen) atoms. The maximum absolute atomic E-state index is 13.6. The molecule has 1 aromatic rings. The fourth-order valence-corrected chi connectivity index (χ4v) is 4.57. The minimum atomic E-state index is -1.66. The zero-order valence-electron chi connectivity index (χ0n) is 20.4. The molecule has 1 saturated carbocycles. The number of carboxylic acid groups (broad SMARTS) is 1. The lowest BCUT2D eigenvalue weighted by atomic mass is 9.64. The molecule has 0 aromatic heterocycles. The molecule has 1 aliphatic heterocycles. The van der Waals surface area contributed by atoms with Crippen LogP contribution in [0.4, 0.5) is 0 Å². The summed E-state index contributed by atoms with van der Waals surface area (Å²) in [5, 5.41) is 12.7. The summed E-state index contributed by atoms with van der Waals surface area (Å²) in [5.41, 5.74) is -0.740. The van der Waals surface area contributed by atoms with Gasteiger partial charge in [0.15, 0.2) is 11.4 Å². The Labute approximate surface area is 209 Å². The molecule has 190 valence electrons. The average molecular weight is 503 g/mol. The molecule has 2 aliphatic rings. The molecule has 3 rings (SSSR count). The maximum atomic E-state index is 13.6. The van der Waals surface area contributed by atoms with E-state index in [0.717, 1.165) is 18.4 Å². The number of rotatable bonds is 13. The second kappa shape index (κ2) is 12.1. The fraction of sp³-hybridized carbons (Fsp3) is 0.600. The molecule has 0 bridgehead atoms. The van der Waals surface area contributed by atoms with Gasteiger partial charge in [-0.1, -0.05) is 57.0 Å². The smallest absolute Gasteiger partial charge is 0.509 e. The average Bonchev–Trinajstić information content (AvgIpc) is 3.66. The van der Waals surface area contributed by atoms with E-state index in [-0.39, 0.29) is 36.9 Å².